The van der Waals surface area contributed by atoms with Gasteiger partial charge < -0.3 is 10.2 Å². The van der Waals surface area contributed by atoms with E-state index in [4.69, 9.17) is 10.2 Å². The fraction of sp³-hybridized carbons (Fsp3) is 0.0625. The van der Waals surface area contributed by atoms with E-state index in [2.05, 4.69) is 0 Å². The third-order valence-electron chi connectivity index (χ3n) is 3.31. The molecule has 0 amide bonds. The Balaban J connectivity index is 2.37. The van der Waals surface area contributed by atoms with Crippen molar-refractivity contribution >= 4 is 16.7 Å². The molecule has 6 heteroatoms. The van der Waals surface area contributed by atoms with Gasteiger partial charge in [0.15, 0.2) is 5.76 Å². The number of anilines is 1. The van der Waals surface area contributed by atoms with Crippen LogP contribution < -0.4 is 11.2 Å². The third-order valence-corrected chi connectivity index (χ3v) is 3.31. The maximum atomic E-state index is 13.1. The first kappa shape index (κ1) is 14.2. The third kappa shape index (κ3) is 2.22. The Labute approximate surface area is 122 Å². The zero-order valence-electron chi connectivity index (χ0n) is 11.1. The van der Waals surface area contributed by atoms with Crippen LogP contribution in [0.4, 0.5) is 18.9 Å². The van der Waals surface area contributed by atoms with Gasteiger partial charge in [-0.25, -0.2) is 0 Å². The van der Waals surface area contributed by atoms with E-state index in [1.807, 2.05) is 0 Å². The first-order valence-electron chi connectivity index (χ1n) is 6.37. The van der Waals surface area contributed by atoms with Crippen LogP contribution in [0.3, 0.4) is 0 Å². The quantitative estimate of drug-likeness (QED) is 0.737. The number of rotatable bonds is 1. The summed E-state index contributed by atoms with van der Waals surface area (Å²) < 4.78 is 44.8. The van der Waals surface area contributed by atoms with Crippen molar-refractivity contribution < 1.29 is 17.6 Å². The summed E-state index contributed by atoms with van der Waals surface area (Å²) in [5.41, 5.74) is 3.87. The highest BCUT2D eigenvalue weighted by Crippen LogP contribution is 2.38. The molecule has 0 atom stereocenters. The van der Waals surface area contributed by atoms with Gasteiger partial charge in [-0.1, -0.05) is 30.3 Å². The minimum Gasteiger partial charge on any atom is -0.454 e. The van der Waals surface area contributed by atoms with Crippen LogP contribution in [0.15, 0.2) is 57.7 Å². The second-order valence-electron chi connectivity index (χ2n) is 4.71. The molecule has 0 aliphatic carbocycles. The SMILES string of the molecule is Nc1c(-c2ccccc2C(F)(F)F)oc2ccccc2c1=O. The zero-order chi connectivity index (χ0) is 15.9. The molecule has 22 heavy (non-hydrogen) atoms. The number of nitrogens with two attached hydrogens (primary N) is 1. The van der Waals surface area contributed by atoms with Gasteiger partial charge in [0.25, 0.3) is 0 Å². The van der Waals surface area contributed by atoms with Crippen molar-refractivity contribution in [2.24, 2.45) is 0 Å². The minimum atomic E-state index is -4.58. The second kappa shape index (κ2) is 4.91. The molecule has 0 saturated carbocycles. The normalized spacial score (nSPS) is 11.8. The number of nitrogen functional groups attached to an aromatic ring is 1. The van der Waals surface area contributed by atoms with E-state index in [9.17, 15) is 18.0 Å². The van der Waals surface area contributed by atoms with E-state index in [1.54, 1.807) is 12.1 Å². The number of alkyl halides is 3. The maximum absolute atomic E-state index is 13.1. The lowest BCUT2D eigenvalue weighted by molar-refractivity contribution is -0.137. The summed E-state index contributed by atoms with van der Waals surface area (Å²) in [6, 6.07) is 11.1. The van der Waals surface area contributed by atoms with Crippen LogP contribution in [-0.2, 0) is 6.18 Å². The molecular weight excluding hydrogens is 295 g/mol. The molecule has 1 heterocycles. The van der Waals surface area contributed by atoms with E-state index in [0.29, 0.717) is 0 Å². The summed E-state index contributed by atoms with van der Waals surface area (Å²) in [7, 11) is 0. The molecule has 0 aliphatic heterocycles. The van der Waals surface area contributed by atoms with Gasteiger partial charge in [0.2, 0.25) is 5.43 Å². The van der Waals surface area contributed by atoms with E-state index >= 15 is 0 Å². The van der Waals surface area contributed by atoms with Gasteiger partial charge in [0, 0.05) is 5.56 Å². The van der Waals surface area contributed by atoms with Crippen molar-refractivity contribution in [3.05, 3.63) is 64.3 Å². The number of halogens is 3. The molecule has 3 rings (SSSR count). The molecule has 3 nitrogen and oxygen atoms in total. The summed E-state index contributed by atoms with van der Waals surface area (Å²) >= 11 is 0. The number of fused-ring (bicyclic) bond motifs is 1. The van der Waals surface area contributed by atoms with Crippen molar-refractivity contribution in [3.63, 3.8) is 0 Å². The summed E-state index contributed by atoms with van der Waals surface area (Å²) in [6.45, 7) is 0. The molecule has 0 fully saturated rings. The van der Waals surface area contributed by atoms with E-state index in [1.165, 1.54) is 30.3 Å². The molecule has 0 radical (unpaired) electrons. The average Bonchev–Trinajstić information content (AvgIpc) is 2.50. The van der Waals surface area contributed by atoms with Gasteiger partial charge in [0.1, 0.15) is 11.3 Å². The highest BCUT2D eigenvalue weighted by Gasteiger charge is 2.34. The zero-order valence-corrected chi connectivity index (χ0v) is 11.1. The van der Waals surface area contributed by atoms with Crippen LogP contribution in [0.1, 0.15) is 5.56 Å². The average molecular weight is 305 g/mol. The van der Waals surface area contributed by atoms with E-state index < -0.39 is 17.2 Å². The summed E-state index contributed by atoms with van der Waals surface area (Å²) in [6.07, 6.45) is -4.58. The monoisotopic (exact) mass is 305 g/mol. The fourth-order valence-electron chi connectivity index (χ4n) is 2.28. The lowest BCUT2D eigenvalue weighted by atomic mass is 10.0. The fourth-order valence-corrected chi connectivity index (χ4v) is 2.28. The van der Waals surface area contributed by atoms with Crippen LogP contribution in [0.5, 0.6) is 0 Å². The number of hydrogen-bond acceptors (Lipinski definition) is 3. The summed E-state index contributed by atoms with van der Waals surface area (Å²) in [4.78, 5) is 12.2. The largest absolute Gasteiger partial charge is 0.454 e. The van der Waals surface area contributed by atoms with Gasteiger partial charge in [-0.3, -0.25) is 4.79 Å². The van der Waals surface area contributed by atoms with Crippen LogP contribution in [0.2, 0.25) is 0 Å². The van der Waals surface area contributed by atoms with Crippen molar-refractivity contribution in [1.29, 1.82) is 0 Å². The molecule has 2 aromatic carbocycles. The Morgan fingerprint density at radius 1 is 0.955 bits per heavy atom. The minimum absolute atomic E-state index is 0.189. The molecule has 0 spiro atoms. The van der Waals surface area contributed by atoms with Crippen LogP contribution >= 0.6 is 0 Å². The highest BCUT2D eigenvalue weighted by atomic mass is 19.4. The first-order valence-corrected chi connectivity index (χ1v) is 6.37. The number of hydrogen-bond donors (Lipinski definition) is 1. The first-order chi connectivity index (χ1) is 10.4. The Hall–Kier alpha value is -2.76. The number of para-hydroxylation sites is 1. The van der Waals surface area contributed by atoms with Gasteiger partial charge in [0.05, 0.1) is 10.9 Å². The molecule has 0 saturated heterocycles. The van der Waals surface area contributed by atoms with Gasteiger partial charge in [-0.2, -0.15) is 13.2 Å². The molecule has 3 aromatic rings. The lowest BCUT2D eigenvalue weighted by Gasteiger charge is -2.13. The molecule has 2 N–H and O–H groups in total. The van der Waals surface area contributed by atoms with Crippen LogP contribution in [0.25, 0.3) is 22.3 Å². The molecular formula is C16H10F3NO2. The topological polar surface area (TPSA) is 56.2 Å². The predicted octanol–water partition coefficient (Wildman–Crippen LogP) is 4.06. The Kier molecular flexibility index (Phi) is 3.16. The predicted molar refractivity (Wildman–Crippen MR) is 77.3 cm³/mol. The Morgan fingerprint density at radius 2 is 1.59 bits per heavy atom. The van der Waals surface area contributed by atoms with Gasteiger partial charge in [-0.15, -0.1) is 0 Å². The molecule has 112 valence electrons. The van der Waals surface area contributed by atoms with Crippen LogP contribution in [0, 0.1) is 0 Å². The number of benzene rings is 2. The molecule has 0 aliphatic rings. The molecule has 1 aromatic heterocycles. The maximum Gasteiger partial charge on any atom is 0.417 e. The molecule has 0 unspecified atom stereocenters. The summed E-state index contributed by atoms with van der Waals surface area (Å²) in [5, 5.41) is 0.230. The highest BCUT2D eigenvalue weighted by molar-refractivity contribution is 5.85. The van der Waals surface area contributed by atoms with Crippen molar-refractivity contribution in [1.82, 2.24) is 0 Å². The van der Waals surface area contributed by atoms with Crippen LogP contribution in [-0.4, -0.2) is 0 Å². The lowest BCUT2D eigenvalue weighted by Crippen LogP contribution is -2.12. The Bertz CT molecular complexity index is 913. The van der Waals surface area contributed by atoms with Crippen molar-refractivity contribution in [3.8, 4) is 11.3 Å². The van der Waals surface area contributed by atoms with Crippen molar-refractivity contribution in [2.45, 2.75) is 6.18 Å². The second-order valence-corrected chi connectivity index (χ2v) is 4.71. The standard InChI is InChI=1S/C16H10F3NO2/c17-16(18,19)11-7-3-1-5-9(11)15-13(20)14(21)10-6-2-4-8-12(10)22-15/h1-8H,20H2. The van der Waals surface area contributed by atoms with Gasteiger partial charge >= 0.3 is 6.18 Å². The summed E-state index contributed by atoms with van der Waals surface area (Å²) in [5.74, 6) is -0.267. The van der Waals surface area contributed by atoms with Crippen molar-refractivity contribution in [2.75, 3.05) is 5.73 Å². The van der Waals surface area contributed by atoms with E-state index in [0.717, 1.165) is 6.07 Å². The Morgan fingerprint density at radius 3 is 2.32 bits per heavy atom. The van der Waals surface area contributed by atoms with E-state index in [-0.39, 0.29) is 28.0 Å². The smallest absolute Gasteiger partial charge is 0.417 e. The van der Waals surface area contributed by atoms with Gasteiger partial charge in [-0.05, 0) is 18.2 Å². The molecule has 0 bridgehead atoms.